The van der Waals surface area contributed by atoms with Gasteiger partial charge in [0.1, 0.15) is 18.4 Å². The van der Waals surface area contributed by atoms with E-state index in [1.807, 2.05) is 79.7 Å². The molecule has 10 nitrogen and oxygen atoms in total. The van der Waals surface area contributed by atoms with Crippen molar-refractivity contribution in [3.8, 4) is 17.2 Å². The van der Waals surface area contributed by atoms with Crippen molar-refractivity contribution in [2.75, 3.05) is 71.7 Å². The van der Waals surface area contributed by atoms with Crippen molar-refractivity contribution in [3.63, 3.8) is 0 Å². The zero-order chi connectivity index (χ0) is 33.7. The molecule has 0 bridgehead atoms. The SMILES string of the molecule is CCN(C(=O)N1CCCCC1C(=O)N[C@H](CCc1ccc(OC)c(OC)c1)c1cccc(OCCN2CCOCC2)c1)c1ccccc1. The maximum Gasteiger partial charge on any atom is 0.325 e. The molecular formula is C38H50N4O6. The molecule has 0 aliphatic carbocycles. The molecule has 2 heterocycles. The summed E-state index contributed by atoms with van der Waals surface area (Å²) in [7, 11) is 3.25. The van der Waals surface area contributed by atoms with Crippen molar-refractivity contribution in [1.82, 2.24) is 15.1 Å². The first-order chi connectivity index (χ1) is 23.5. The number of amides is 3. The van der Waals surface area contributed by atoms with Crippen LogP contribution in [0.2, 0.25) is 0 Å². The van der Waals surface area contributed by atoms with E-state index in [1.54, 1.807) is 24.0 Å². The van der Waals surface area contributed by atoms with E-state index in [0.29, 0.717) is 50.5 Å². The van der Waals surface area contributed by atoms with Gasteiger partial charge in [-0.2, -0.15) is 0 Å². The quantitative estimate of drug-likeness (QED) is 0.237. The van der Waals surface area contributed by atoms with Gasteiger partial charge < -0.3 is 29.2 Å². The third-order valence-corrected chi connectivity index (χ3v) is 9.19. The molecule has 0 saturated carbocycles. The second-order valence-electron chi connectivity index (χ2n) is 12.2. The van der Waals surface area contributed by atoms with E-state index >= 15 is 0 Å². The Morgan fingerprint density at radius 3 is 2.48 bits per heavy atom. The van der Waals surface area contributed by atoms with E-state index in [-0.39, 0.29) is 18.0 Å². The fourth-order valence-electron chi connectivity index (χ4n) is 6.50. The lowest BCUT2D eigenvalue weighted by molar-refractivity contribution is -0.127. The lowest BCUT2D eigenvalue weighted by atomic mass is 9.96. The summed E-state index contributed by atoms with van der Waals surface area (Å²) in [5.74, 6) is 1.97. The number of carbonyl (C=O) groups is 2. The van der Waals surface area contributed by atoms with E-state index in [1.165, 1.54) is 0 Å². The molecule has 2 aliphatic heterocycles. The molecule has 10 heteroatoms. The number of para-hydroxylation sites is 1. The average molecular weight is 659 g/mol. The summed E-state index contributed by atoms with van der Waals surface area (Å²) in [5.41, 5.74) is 2.86. The number of hydrogen-bond acceptors (Lipinski definition) is 7. The highest BCUT2D eigenvalue weighted by Gasteiger charge is 2.35. The standard InChI is InChI=1S/C38H50N4O6/c1-4-41(31-12-6-5-7-13-31)38(44)42-20-9-8-15-34(42)37(43)39-33(18-16-29-17-19-35(45-2)36(27-29)46-3)30-11-10-14-32(28-30)48-26-23-40-21-24-47-25-22-40/h5-7,10-14,17,19,27-28,33-34H,4,8-9,15-16,18,20-26H2,1-3H3,(H,39,43)/t33-,34?/m1/s1. The topological polar surface area (TPSA) is 92.8 Å². The first kappa shape index (κ1) is 35.0. The molecule has 0 spiro atoms. The van der Waals surface area contributed by atoms with Crippen molar-refractivity contribution in [2.45, 2.75) is 51.1 Å². The Balaban J connectivity index is 1.33. The Labute approximate surface area is 284 Å². The number of aryl methyl sites for hydroxylation is 1. The normalized spacial score (nSPS) is 17.3. The van der Waals surface area contributed by atoms with Gasteiger partial charge in [0, 0.05) is 38.4 Å². The van der Waals surface area contributed by atoms with Crippen LogP contribution in [0.1, 0.15) is 49.8 Å². The zero-order valence-corrected chi connectivity index (χ0v) is 28.6. The fraction of sp³-hybridized carbons (Fsp3) is 0.474. The Kier molecular flexibility index (Phi) is 13.0. The first-order valence-electron chi connectivity index (χ1n) is 17.2. The summed E-state index contributed by atoms with van der Waals surface area (Å²) in [6, 6.07) is 22.6. The van der Waals surface area contributed by atoms with Gasteiger partial charge in [-0.05, 0) is 86.6 Å². The fourth-order valence-corrected chi connectivity index (χ4v) is 6.50. The van der Waals surface area contributed by atoms with Gasteiger partial charge in [0.25, 0.3) is 0 Å². The molecule has 48 heavy (non-hydrogen) atoms. The van der Waals surface area contributed by atoms with Crippen molar-refractivity contribution >= 4 is 17.6 Å². The maximum atomic E-state index is 14.2. The largest absolute Gasteiger partial charge is 0.493 e. The first-order valence-corrected chi connectivity index (χ1v) is 17.2. The summed E-state index contributed by atoms with van der Waals surface area (Å²) < 4.78 is 22.6. The molecule has 2 fully saturated rings. The molecule has 0 radical (unpaired) electrons. The highest BCUT2D eigenvalue weighted by molar-refractivity contribution is 5.95. The number of carbonyl (C=O) groups excluding carboxylic acids is 2. The number of urea groups is 1. The molecule has 3 amide bonds. The molecule has 2 atom stereocenters. The van der Waals surface area contributed by atoms with E-state index in [0.717, 1.165) is 68.3 Å². The Bertz CT molecular complexity index is 1460. The van der Waals surface area contributed by atoms with Crippen LogP contribution in [0.5, 0.6) is 17.2 Å². The van der Waals surface area contributed by atoms with Gasteiger partial charge in [0.2, 0.25) is 5.91 Å². The highest BCUT2D eigenvalue weighted by atomic mass is 16.5. The second kappa shape index (κ2) is 17.8. The van der Waals surface area contributed by atoms with Gasteiger partial charge in [-0.3, -0.25) is 14.6 Å². The number of nitrogens with zero attached hydrogens (tertiary/aromatic N) is 3. The number of benzene rings is 3. The molecule has 258 valence electrons. The number of rotatable bonds is 14. The lowest BCUT2D eigenvalue weighted by Gasteiger charge is -2.38. The molecule has 2 saturated heterocycles. The summed E-state index contributed by atoms with van der Waals surface area (Å²) >= 11 is 0. The number of morpholine rings is 1. The molecule has 3 aromatic carbocycles. The van der Waals surface area contributed by atoms with E-state index in [4.69, 9.17) is 18.9 Å². The Morgan fingerprint density at radius 2 is 1.73 bits per heavy atom. The molecule has 2 aliphatic rings. The summed E-state index contributed by atoms with van der Waals surface area (Å²) in [4.78, 5) is 33.9. The van der Waals surface area contributed by atoms with E-state index in [9.17, 15) is 9.59 Å². The number of nitrogens with one attached hydrogen (secondary N) is 1. The number of anilines is 1. The third-order valence-electron chi connectivity index (χ3n) is 9.19. The van der Waals surface area contributed by atoms with Gasteiger partial charge >= 0.3 is 6.03 Å². The maximum absolute atomic E-state index is 14.2. The minimum atomic E-state index is -0.555. The molecule has 3 aromatic rings. The lowest BCUT2D eigenvalue weighted by Crippen LogP contribution is -2.56. The summed E-state index contributed by atoms with van der Waals surface area (Å²) in [6.07, 6.45) is 3.72. The second-order valence-corrected chi connectivity index (χ2v) is 12.2. The van der Waals surface area contributed by atoms with Gasteiger partial charge in [-0.15, -0.1) is 0 Å². The van der Waals surface area contributed by atoms with Gasteiger partial charge in [0.05, 0.1) is 33.5 Å². The van der Waals surface area contributed by atoms with Gasteiger partial charge in [-0.1, -0.05) is 36.4 Å². The van der Waals surface area contributed by atoms with Crippen LogP contribution in [-0.2, 0) is 16.0 Å². The van der Waals surface area contributed by atoms with Crippen LogP contribution in [0.4, 0.5) is 10.5 Å². The van der Waals surface area contributed by atoms with E-state index in [2.05, 4.69) is 10.2 Å². The Morgan fingerprint density at radius 1 is 0.938 bits per heavy atom. The number of piperidine rings is 1. The average Bonchev–Trinajstić information content (AvgIpc) is 3.14. The van der Waals surface area contributed by atoms with Crippen LogP contribution in [0.3, 0.4) is 0 Å². The van der Waals surface area contributed by atoms with Crippen LogP contribution in [0.15, 0.2) is 72.8 Å². The monoisotopic (exact) mass is 658 g/mol. The van der Waals surface area contributed by atoms with Crippen molar-refractivity contribution in [3.05, 3.63) is 83.9 Å². The van der Waals surface area contributed by atoms with Crippen LogP contribution < -0.4 is 24.4 Å². The number of likely N-dealkylation sites (tertiary alicyclic amines) is 1. The minimum absolute atomic E-state index is 0.136. The molecule has 1 unspecified atom stereocenters. The molecular weight excluding hydrogens is 608 g/mol. The van der Waals surface area contributed by atoms with Crippen LogP contribution in [0.25, 0.3) is 0 Å². The smallest absolute Gasteiger partial charge is 0.325 e. The predicted octanol–water partition coefficient (Wildman–Crippen LogP) is 5.71. The predicted molar refractivity (Wildman–Crippen MR) is 187 cm³/mol. The number of ether oxygens (including phenoxy) is 4. The van der Waals surface area contributed by atoms with Crippen molar-refractivity contribution in [1.29, 1.82) is 0 Å². The number of hydrogen-bond donors (Lipinski definition) is 1. The third kappa shape index (κ3) is 9.20. The van der Waals surface area contributed by atoms with Crippen molar-refractivity contribution in [2.24, 2.45) is 0 Å². The molecule has 1 N–H and O–H groups in total. The van der Waals surface area contributed by atoms with Gasteiger partial charge in [0.15, 0.2) is 11.5 Å². The minimum Gasteiger partial charge on any atom is -0.493 e. The van der Waals surface area contributed by atoms with Gasteiger partial charge in [-0.25, -0.2) is 4.79 Å². The zero-order valence-electron chi connectivity index (χ0n) is 28.6. The molecule has 0 aromatic heterocycles. The highest BCUT2D eigenvalue weighted by Crippen LogP contribution is 2.30. The van der Waals surface area contributed by atoms with Crippen LogP contribution in [0, 0.1) is 0 Å². The van der Waals surface area contributed by atoms with Crippen molar-refractivity contribution < 1.29 is 28.5 Å². The summed E-state index contributed by atoms with van der Waals surface area (Å²) in [5, 5.41) is 3.36. The molecule has 5 rings (SSSR count). The van der Waals surface area contributed by atoms with Crippen LogP contribution in [-0.4, -0.2) is 94.5 Å². The summed E-state index contributed by atoms with van der Waals surface area (Å²) in [6.45, 7) is 7.75. The van der Waals surface area contributed by atoms with Crippen LogP contribution >= 0.6 is 0 Å². The van der Waals surface area contributed by atoms with E-state index < -0.39 is 6.04 Å². The number of methoxy groups -OCH3 is 2. The Hall–Kier alpha value is -4.28.